The molecule has 0 bridgehead atoms. The van der Waals surface area contributed by atoms with E-state index < -0.39 is 0 Å². The molecule has 2 aliphatic carbocycles. The van der Waals surface area contributed by atoms with Crippen molar-refractivity contribution in [3.8, 4) is 0 Å². The molecule has 3 aliphatic rings. The van der Waals surface area contributed by atoms with Gasteiger partial charge in [0.15, 0.2) is 5.69 Å². The zero-order chi connectivity index (χ0) is 14.4. The van der Waals surface area contributed by atoms with Gasteiger partial charge in [-0.1, -0.05) is 12.1 Å². The summed E-state index contributed by atoms with van der Waals surface area (Å²) >= 11 is 0. The fourth-order valence-corrected chi connectivity index (χ4v) is 3.27. The Bertz CT molecular complexity index is 533. The number of carbonyl (C=O) groups is 1. The largest absolute Gasteiger partial charge is 0.360 e. The molecule has 0 spiro atoms. The van der Waals surface area contributed by atoms with E-state index in [9.17, 15) is 4.79 Å². The molecular weight excluding hydrogens is 266 g/mol. The van der Waals surface area contributed by atoms with Gasteiger partial charge in [-0.25, -0.2) is 0 Å². The van der Waals surface area contributed by atoms with E-state index in [2.05, 4.69) is 22.3 Å². The van der Waals surface area contributed by atoms with Gasteiger partial charge in [-0.3, -0.25) is 4.79 Å². The second-order valence-electron chi connectivity index (χ2n) is 7.11. The molecule has 1 aliphatic heterocycles. The van der Waals surface area contributed by atoms with Crippen molar-refractivity contribution in [3.05, 3.63) is 17.5 Å². The van der Waals surface area contributed by atoms with Crippen LogP contribution in [0.25, 0.3) is 0 Å². The third kappa shape index (κ3) is 2.98. The van der Waals surface area contributed by atoms with Gasteiger partial charge in [0, 0.05) is 37.7 Å². The highest BCUT2D eigenvalue weighted by Gasteiger charge is 2.35. The molecule has 21 heavy (non-hydrogen) atoms. The van der Waals surface area contributed by atoms with Crippen LogP contribution in [0, 0.1) is 11.8 Å². The van der Waals surface area contributed by atoms with Gasteiger partial charge in [0.2, 0.25) is 0 Å². The second-order valence-corrected chi connectivity index (χ2v) is 7.11. The van der Waals surface area contributed by atoms with Crippen molar-refractivity contribution in [1.29, 1.82) is 0 Å². The number of nitrogens with one attached hydrogen (secondary N) is 1. The van der Waals surface area contributed by atoms with E-state index in [1.54, 1.807) is 0 Å². The van der Waals surface area contributed by atoms with Crippen molar-refractivity contribution in [2.75, 3.05) is 19.6 Å². The van der Waals surface area contributed by atoms with Crippen molar-refractivity contribution in [1.82, 2.24) is 15.4 Å². The highest BCUT2D eigenvalue weighted by Crippen LogP contribution is 2.40. The average molecular weight is 289 g/mol. The molecular formula is C16H23N3O2. The lowest BCUT2D eigenvalue weighted by Crippen LogP contribution is -2.40. The molecule has 1 unspecified atom stereocenters. The minimum atomic E-state index is -0.0872. The van der Waals surface area contributed by atoms with Gasteiger partial charge in [-0.2, -0.15) is 0 Å². The standard InChI is InChI=1S/C16H23N3O2/c1-10-7-19(8-11-2-3-11)9-14(10)17-16(20)13-6-15(21-18-13)12-4-5-12/h6,10-12,14H,2-5,7-9H2,1H3,(H,17,20)/t10?,14-/m1/s1. The third-order valence-electron chi connectivity index (χ3n) is 4.96. The predicted molar refractivity (Wildman–Crippen MR) is 78.1 cm³/mol. The number of amides is 1. The summed E-state index contributed by atoms with van der Waals surface area (Å²) in [7, 11) is 0. The zero-order valence-electron chi connectivity index (χ0n) is 12.5. The molecule has 5 nitrogen and oxygen atoms in total. The number of rotatable bonds is 5. The summed E-state index contributed by atoms with van der Waals surface area (Å²) in [5, 5.41) is 7.06. The minimum absolute atomic E-state index is 0.0872. The normalized spacial score (nSPS) is 29.8. The summed E-state index contributed by atoms with van der Waals surface area (Å²) in [6, 6.07) is 2.05. The van der Waals surface area contributed by atoms with Crippen molar-refractivity contribution in [2.24, 2.45) is 11.8 Å². The maximum atomic E-state index is 12.3. The molecule has 1 aromatic rings. The Morgan fingerprint density at radius 1 is 1.38 bits per heavy atom. The SMILES string of the molecule is CC1CN(CC2CC2)C[C@H]1NC(=O)c1cc(C2CC2)on1. The van der Waals surface area contributed by atoms with Crippen LogP contribution in [-0.4, -0.2) is 41.6 Å². The van der Waals surface area contributed by atoms with Crippen molar-refractivity contribution in [2.45, 2.75) is 44.6 Å². The van der Waals surface area contributed by atoms with Gasteiger partial charge in [0.05, 0.1) is 0 Å². The topological polar surface area (TPSA) is 58.4 Å². The summed E-state index contributed by atoms with van der Waals surface area (Å²) in [6.07, 6.45) is 5.08. The summed E-state index contributed by atoms with van der Waals surface area (Å²) in [6.45, 7) is 5.48. The molecule has 2 atom stereocenters. The Kier molecular flexibility index (Phi) is 3.25. The van der Waals surface area contributed by atoms with Gasteiger partial charge < -0.3 is 14.7 Å². The molecule has 5 heteroatoms. The summed E-state index contributed by atoms with van der Waals surface area (Å²) < 4.78 is 5.26. The molecule has 0 aromatic carbocycles. The molecule has 1 aromatic heterocycles. The lowest BCUT2D eigenvalue weighted by atomic mass is 10.1. The number of hydrogen-bond donors (Lipinski definition) is 1. The molecule has 4 rings (SSSR count). The Morgan fingerprint density at radius 2 is 2.19 bits per heavy atom. The lowest BCUT2D eigenvalue weighted by molar-refractivity contribution is 0.0922. The van der Waals surface area contributed by atoms with E-state index in [1.807, 2.05) is 6.07 Å². The summed E-state index contributed by atoms with van der Waals surface area (Å²) in [4.78, 5) is 14.8. The fraction of sp³-hybridized carbons (Fsp3) is 0.750. The average Bonchev–Trinajstić information content (AvgIpc) is 3.37. The monoisotopic (exact) mass is 289 g/mol. The van der Waals surface area contributed by atoms with E-state index in [0.717, 1.165) is 37.6 Å². The summed E-state index contributed by atoms with van der Waals surface area (Å²) in [5.74, 6) is 2.69. The molecule has 1 N–H and O–H groups in total. The van der Waals surface area contributed by atoms with Crippen molar-refractivity contribution < 1.29 is 9.32 Å². The van der Waals surface area contributed by atoms with Crippen LogP contribution in [0.3, 0.4) is 0 Å². The van der Waals surface area contributed by atoms with E-state index in [1.165, 1.54) is 19.4 Å². The molecule has 1 saturated heterocycles. The van der Waals surface area contributed by atoms with Crippen LogP contribution in [0.15, 0.2) is 10.6 Å². The van der Waals surface area contributed by atoms with Gasteiger partial charge in [-0.15, -0.1) is 0 Å². The molecule has 3 fully saturated rings. The van der Waals surface area contributed by atoms with Crippen molar-refractivity contribution in [3.63, 3.8) is 0 Å². The van der Waals surface area contributed by atoms with E-state index in [-0.39, 0.29) is 11.9 Å². The summed E-state index contributed by atoms with van der Waals surface area (Å²) in [5.41, 5.74) is 0.435. The van der Waals surface area contributed by atoms with Crippen LogP contribution in [-0.2, 0) is 0 Å². The van der Waals surface area contributed by atoms with Crippen LogP contribution in [0.5, 0.6) is 0 Å². The second kappa shape index (κ2) is 5.13. The Morgan fingerprint density at radius 3 is 2.90 bits per heavy atom. The fourth-order valence-electron chi connectivity index (χ4n) is 3.27. The maximum absolute atomic E-state index is 12.3. The van der Waals surface area contributed by atoms with Gasteiger partial charge in [0.25, 0.3) is 5.91 Å². The first-order valence-electron chi connectivity index (χ1n) is 8.19. The Labute approximate surface area is 125 Å². The Balaban J connectivity index is 1.34. The van der Waals surface area contributed by atoms with Crippen molar-refractivity contribution >= 4 is 5.91 Å². The van der Waals surface area contributed by atoms with Gasteiger partial charge in [-0.05, 0) is 37.5 Å². The zero-order valence-corrected chi connectivity index (χ0v) is 12.5. The quantitative estimate of drug-likeness (QED) is 0.901. The Hall–Kier alpha value is -1.36. The molecule has 2 saturated carbocycles. The lowest BCUT2D eigenvalue weighted by Gasteiger charge is -2.16. The highest BCUT2D eigenvalue weighted by molar-refractivity contribution is 5.92. The van der Waals surface area contributed by atoms with E-state index in [4.69, 9.17) is 4.52 Å². The first-order chi connectivity index (χ1) is 10.2. The van der Waals surface area contributed by atoms with Crippen LogP contribution in [0.4, 0.5) is 0 Å². The molecule has 0 radical (unpaired) electrons. The van der Waals surface area contributed by atoms with Crippen LogP contribution < -0.4 is 5.32 Å². The third-order valence-corrected chi connectivity index (χ3v) is 4.96. The van der Waals surface area contributed by atoms with Crippen LogP contribution >= 0.6 is 0 Å². The van der Waals surface area contributed by atoms with E-state index >= 15 is 0 Å². The predicted octanol–water partition coefficient (Wildman–Crippen LogP) is 2.01. The minimum Gasteiger partial charge on any atom is -0.360 e. The van der Waals surface area contributed by atoms with Crippen LogP contribution in [0.2, 0.25) is 0 Å². The maximum Gasteiger partial charge on any atom is 0.273 e. The van der Waals surface area contributed by atoms with Crippen LogP contribution in [0.1, 0.15) is 54.8 Å². The highest BCUT2D eigenvalue weighted by atomic mass is 16.5. The first-order valence-corrected chi connectivity index (χ1v) is 8.19. The number of carbonyl (C=O) groups excluding carboxylic acids is 1. The smallest absolute Gasteiger partial charge is 0.273 e. The number of nitrogens with zero attached hydrogens (tertiary/aromatic N) is 2. The molecule has 114 valence electrons. The number of aromatic nitrogens is 1. The number of likely N-dealkylation sites (tertiary alicyclic amines) is 1. The molecule has 1 amide bonds. The number of hydrogen-bond acceptors (Lipinski definition) is 4. The molecule has 2 heterocycles. The van der Waals surface area contributed by atoms with E-state index in [0.29, 0.717) is 17.5 Å². The van der Waals surface area contributed by atoms with Gasteiger partial charge in [0.1, 0.15) is 5.76 Å². The first kappa shape index (κ1) is 13.3. The van der Waals surface area contributed by atoms with Gasteiger partial charge >= 0.3 is 0 Å².